The quantitative estimate of drug-likeness (QED) is 0.145. The van der Waals surface area contributed by atoms with Crippen molar-refractivity contribution < 1.29 is 95.1 Å². The maximum atomic E-state index is 14.7. The fraction of sp³-hybridized carbons (Fsp3) is 0.889. The molecule has 0 amide bonds. The smallest absolute Gasteiger partial charge is 0.460 e. The first kappa shape index (κ1) is 43.1. The fourth-order valence-corrected chi connectivity index (χ4v) is 4.90. The average Bonchev–Trinajstić information content (AvgIpc) is 2.80. The topological polar surface area (TPSA) is 97.4 Å². The Hall–Kier alpha value is -2.90. The largest absolute Gasteiger partial charge is 0.510 e. The molecule has 0 saturated heterocycles. The second kappa shape index (κ2) is 13.4. The van der Waals surface area contributed by atoms with Crippen LogP contribution in [0.2, 0.25) is 0 Å². The lowest BCUT2D eigenvalue weighted by molar-refractivity contribution is -0.405. The van der Waals surface area contributed by atoms with Crippen molar-refractivity contribution in [1.29, 1.82) is 0 Å². The van der Waals surface area contributed by atoms with Crippen LogP contribution in [0.25, 0.3) is 0 Å². The summed E-state index contributed by atoms with van der Waals surface area (Å²) >= 11 is 0. The third kappa shape index (κ3) is 9.41. The lowest BCUT2D eigenvalue weighted by Crippen LogP contribution is -2.69. The van der Waals surface area contributed by atoms with Gasteiger partial charge in [0, 0.05) is 11.8 Å². The summed E-state index contributed by atoms with van der Waals surface area (Å²) in [5, 5.41) is 0. The lowest BCUT2D eigenvalue weighted by Gasteiger charge is -2.50. The summed E-state index contributed by atoms with van der Waals surface area (Å²) in [5.41, 5.74) is -18.6. The van der Waals surface area contributed by atoms with Gasteiger partial charge in [0.2, 0.25) is 5.67 Å². The summed E-state index contributed by atoms with van der Waals surface area (Å²) in [7, 11) is 0. The molecule has 1 rings (SSSR count). The summed E-state index contributed by atoms with van der Waals surface area (Å²) < 4.78 is 211. The van der Waals surface area contributed by atoms with Crippen LogP contribution in [0.1, 0.15) is 81.1 Å². The summed E-state index contributed by atoms with van der Waals surface area (Å²) in [6.07, 6.45) is -42.4. The molecule has 1 fully saturated rings. The molecule has 3 atom stereocenters. The molecule has 48 heavy (non-hydrogen) atoms. The number of hydrogen-bond acceptors (Lipinski definition) is 8. The molecular formula is C27H35F13O8. The van der Waals surface area contributed by atoms with Crippen LogP contribution in [0.3, 0.4) is 0 Å². The molecule has 0 aromatic heterocycles. The van der Waals surface area contributed by atoms with Crippen LogP contribution in [0.5, 0.6) is 0 Å². The van der Waals surface area contributed by atoms with E-state index in [4.69, 9.17) is 0 Å². The molecule has 0 heterocycles. The van der Waals surface area contributed by atoms with Gasteiger partial charge in [0.15, 0.2) is 0 Å². The Bertz CT molecular complexity index is 1060. The van der Waals surface area contributed by atoms with Gasteiger partial charge < -0.3 is 23.7 Å². The van der Waals surface area contributed by atoms with E-state index in [0.29, 0.717) is 6.92 Å². The number of ether oxygens (including phenoxy) is 5. The van der Waals surface area contributed by atoms with E-state index < -0.39 is 115 Å². The van der Waals surface area contributed by atoms with Crippen molar-refractivity contribution in [3.05, 3.63) is 0 Å². The third-order valence-electron chi connectivity index (χ3n) is 7.13. The van der Waals surface area contributed by atoms with Crippen molar-refractivity contribution in [2.45, 2.75) is 140 Å². The molecule has 0 spiro atoms. The minimum Gasteiger partial charge on any atom is -0.460 e. The zero-order valence-electron chi connectivity index (χ0n) is 26.7. The van der Waals surface area contributed by atoms with E-state index in [0.717, 1.165) is 48.5 Å². The van der Waals surface area contributed by atoms with Crippen molar-refractivity contribution in [3.8, 4) is 0 Å². The van der Waals surface area contributed by atoms with E-state index in [-0.39, 0.29) is 0 Å². The van der Waals surface area contributed by atoms with Gasteiger partial charge in [0.1, 0.15) is 17.3 Å². The number of carbonyl (C=O) groups is 3. The lowest BCUT2D eigenvalue weighted by atomic mass is 9.65. The Morgan fingerprint density at radius 1 is 0.521 bits per heavy atom. The van der Waals surface area contributed by atoms with Crippen molar-refractivity contribution in [2.75, 3.05) is 0 Å². The predicted molar refractivity (Wildman–Crippen MR) is 135 cm³/mol. The highest BCUT2D eigenvalue weighted by Gasteiger charge is 2.82. The Morgan fingerprint density at radius 2 is 0.812 bits per heavy atom. The number of rotatable bonds is 7. The van der Waals surface area contributed by atoms with Crippen LogP contribution in [-0.4, -0.2) is 77.2 Å². The minimum absolute atomic E-state index is 0.510. The number of halogens is 13. The second-order valence-corrected chi connectivity index (χ2v) is 13.3. The normalized spacial score (nSPS) is 21.9. The molecule has 282 valence electrons. The van der Waals surface area contributed by atoms with Gasteiger partial charge in [-0.05, 0) is 74.1 Å². The van der Waals surface area contributed by atoms with Gasteiger partial charge in [-0.1, -0.05) is 6.92 Å². The van der Waals surface area contributed by atoms with Gasteiger partial charge in [-0.2, -0.15) is 52.7 Å². The standard InChI is InChI=1S/C27H35F13O8/c1-9-21(8,28)16(41)44-15-11-13(22(24(29,30)31,25(32,33)34)47-17(42)45-19(2,3)4)10-14(12-15)23(26(35,36)37,27(38,39)40)48-18(43)46-20(5,6)7/h13-15H,9-12H2,1-8H3. The van der Waals surface area contributed by atoms with E-state index in [1.807, 2.05) is 0 Å². The van der Waals surface area contributed by atoms with Crippen LogP contribution in [0, 0.1) is 11.8 Å². The molecule has 0 N–H and O–H groups in total. The van der Waals surface area contributed by atoms with Crippen LogP contribution in [-0.2, 0) is 28.5 Å². The number of alkyl halides is 13. The van der Waals surface area contributed by atoms with Crippen molar-refractivity contribution in [2.24, 2.45) is 11.8 Å². The van der Waals surface area contributed by atoms with Gasteiger partial charge in [-0.25, -0.2) is 18.8 Å². The molecule has 1 aliphatic carbocycles. The van der Waals surface area contributed by atoms with Gasteiger partial charge >= 0.3 is 54.2 Å². The number of carbonyl (C=O) groups excluding carboxylic acids is 3. The van der Waals surface area contributed by atoms with Crippen LogP contribution >= 0.6 is 0 Å². The molecule has 0 radical (unpaired) electrons. The van der Waals surface area contributed by atoms with Crippen LogP contribution < -0.4 is 0 Å². The van der Waals surface area contributed by atoms with Crippen molar-refractivity contribution in [1.82, 2.24) is 0 Å². The first-order valence-corrected chi connectivity index (χ1v) is 14.0. The molecular weight excluding hydrogens is 699 g/mol. The van der Waals surface area contributed by atoms with Crippen molar-refractivity contribution in [3.63, 3.8) is 0 Å². The van der Waals surface area contributed by atoms with E-state index in [9.17, 15) is 71.5 Å². The second-order valence-electron chi connectivity index (χ2n) is 13.3. The zero-order chi connectivity index (χ0) is 38.3. The first-order valence-electron chi connectivity index (χ1n) is 14.0. The Labute approximate surface area is 265 Å². The van der Waals surface area contributed by atoms with Crippen LogP contribution in [0.4, 0.5) is 66.7 Å². The monoisotopic (exact) mass is 734 g/mol. The molecule has 0 aliphatic heterocycles. The van der Waals surface area contributed by atoms with Crippen LogP contribution in [0.15, 0.2) is 0 Å². The zero-order valence-corrected chi connectivity index (χ0v) is 26.7. The van der Waals surface area contributed by atoms with Gasteiger partial charge in [0.25, 0.3) is 0 Å². The highest BCUT2D eigenvalue weighted by Crippen LogP contribution is 2.60. The Balaban J connectivity index is 4.20. The van der Waals surface area contributed by atoms with Crippen molar-refractivity contribution >= 4 is 18.3 Å². The average molecular weight is 735 g/mol. The maximum Gasteiger partial charge on any atom is 0.510 e. The molecule has 8 nitrogen and oxygen atoms in total. The molecule has 1 saturated carbocycles. The Kier molecular flexibility index (Phi) is 12.1. The van der Waals surface area contributed by atoms with E-state index in [2.05, 4.69) is 23.7 Å². The molecule has 0 bridgehead atoms. The first-order chi connectivity index (χ1) is 21.0. The molecule has 1 aliphatic rings. The summed E-state index contributed by atoms with van der Waals surface area (Å²) in [6.45, 7) is 7.35. The SMILES string of the molecule is CCC(C)(F)C(=O)OC1CC(C(OC(=O)OC(C)(C)C)(C(F)(F)F)C(F)(F)F)CC(C(OC(=O)OC(C)(C)C)(C(F)(F)F)C(F)(F)F)C1. The molecule has 0 aromatic carbocycles. The van der Waals surface area contributed by atoms with Gasteiger partial charge in [0.05, 0.1) is 0 Å². The predicted octanol–water partition coefficient (Wildman–Crippen LogP) is 9.08. The summed E-state index contributed by atoms with van der Waals surface area (Å²) in [6, 6.07) is 0. The number of esters is 1. The third-order valence-corrected chi connectivity index (χ3v) is 7.13. The number of hydrogen-bond donors (Lipinski definition) is 0. The van der Waals surface area contributed by atoms with E-state index in [1.165, 1.54) is 0 Å². The van der Waals surface area contributed by atoms with Gasteiger partial charge in [-0.3, -0.25) is 0 Å². The fourth-order valence-electron chi connectivity index (χ4n) is 4.90. The molecule has 0 aromatic rings. The Morgan fingerprint density at radius 3 is 1.04 bits per heavy atom. The summed E-state index contributed by atoms with van der Waals surface area (Å²) in [5.74, 6) is -9.43. The maximum absolute atomic E-state index is 14.7. The summed E-state index contributed by atoms with van der Waals surface area (Å²) in [4.78, 5) is 37.0. The molecule has 3 unspecified atom stereocenters. The van der Waals surface area contributed by atoms with E-state index in [1.54, 1.807) is 0 Å². The highest BCUT2D eigenvalue weighted by molar-refractivity contribution is 5.79. The molecule has 21 heteroatoms. The van der Waals surface area contributed by atoms with E-state index >= 15 is 0 Å². The minimum atomic E-state index is -6.84. The van der Waals surface area contributed by atoms with Gasteiger partial charge in [-0.15, -0.1) is 0 Å². The highest BCUT2D eigenvalue weighted by atomic mass is 19.4.